The standard InChI is InChI=1S/C10H10F3NO3/c11-10(12,13)7-4-9-8(15-1-2-16-9)3-6(7)5-17-14/h3-4H,1-2,5,14H2. The molecule has 94 valence electrons. The minimum Gasteiger partial charge on any atom is -0.486 e. The molecule has 0 saturated heterocycles. The third kappa shape index (κ3) is 2.45. The van der Waals surface area contributed by atoms with Crippen molar-refractivity contribution in [2.24, 2.45) is 5.90 Å². The SMILES string of the molecule is NOCc1cc2c(cc1C(F)(F)F)OCCO2. The van der Waals surface area contributed by atoms with E-state index in [2.05, 4.69) is 4.84 Å². The average molecular weight is 249 g/mol. The van der Waals surface area contributed by atoms with Gasteiger partial charge in [-0.15, -0.1) is 0 Å². The van der Waals surface area contributed by atoms with E-state index >= 15 is 0 Å². The number of alkyl halides is 3. The van der Waals surface area contributed by atoms with E-state index in [1.165, 1.54) is 6.07 Å². The third-order valence-corrected chi connectivity index (χ3v) is 2.31. The molecule has 1 aliphatic rings. The zero-order valence-electron chi connectivity index (χ0n) is 8.71. The van der Waals surface area contributed by atoms with Gasteiger partial charge < -0.3 is 9.47 Å². The van der Waals surface area contributed by atoms with Crippen LogP contribution in [0.15, 0.2) is 12.1 Å². The monoisotopic (exact) mass is 249 g/mol. The number of hydrogen-bond acceptors (Lipinski definition) is 4. The largest absolute Gasteiger partial charge is 0.486 e. The maximum atomic E-state index is 12.7. The van der Waals surface area contributed by atoms with Gasteiger partial charge in [0.2, 0.25) is 0 Å². The first-order valence-electron chi connectivity index (χ1n) is 4.84. The molecular weight excluding hydrogens is 239 g/mol. The smallest absolute Gasteiger partial charge is 0.416 e. The van der Waals surface area contributed by atoms with Crippen LogP contribution in [0.5, 0.6) is 11.5 Å². The van der Waals surface area contributed by atoms with Crippen LogP contribution in [0, 0.1) is 0 Å². The van der Waals surface area contributed by atoms with Gasteiger partial charge in [-0.2, -0.15) is 13.2 Å². The summed E-state index contributed by atoms with van der Waals surface area (Å²) in [5.41, 5.74) is -0.906. The Morgan fingerprint density at radius 1 is 1.18 bits per heavy atom. The summed E-state index contributed by atoms with van der Waals surface area (Å²) >= 11 is 0. The van der Waals surface area contributed by atoms with Gasteiger partial charge in [0.1, 0.15) is 13.2 Å². The second-order valence-electron chi connectivity index (χ2n) is 3.46. The number of benzene rings is 1. The van der Waals surface area contributed by atoms with Crippen LogP contribution in [-0.2, 0) is 17.6 Å². The Kier molecular flexibility index (Phi) is 3.12. The Labute approximate surface area is 95.0 Å². The molecule has 1 aromatic carbocycles. The second-order valence-corrected chi connectivity index (χ2v) is 3.46. The van der Waals surface area contributed by atoms with Crippen LogP contribution in [0.1, 0.15) is 11.1 Å². The summed E-state index contributed by atoms with van der Waals surface area (Å²) in [6, 6.07) is 2.15. The Bertz CT molecular complexity index is 420. The van der Waals surface area contributed by atoms with E-state index in [1.807, 2.05) is 0 Å². The molecule has 0 amide bonds. The number of hydrogen-bond donors (Lipinski definition) is 1. The van der Waals surface area contributed by atoms with Gasteiger partial charge in [0, 0.05) is 0 Å². The maximum Gasteiger partial charge on any atom is 0.416 e. The van der Waals surface area contributed by atoms with Crippen molar-refractivity contribution in [3.8, 4) is 11.5 Å². The molecule has 0 spiro atoms. The molecular formula is C10H10F3NO3. The lowest BCUT2D eigenvalue weighted by Crippen LogP contribution is -2.18. The molecule has 0 unspecified atom stereocenters. The van der Waals surface area contributed by atoms with Crippen LogP contribution in [0.3, 0.4) is 0 Å². The first-order chi connectivity index (χ1) is 8.02. The zero-order chi connectivity index (χ0) is 12.5. The predicted molar refractivity (Wildman–Crippen MR) is 51.4 cm³/mol. The molecule has 7 heteroatoms. The highest BCUT2D eigenvalue weighted by atomic mass is 19.4. The van der Waals surface area contributed by atoms with Crippen molar-refractivity contribution >= 4 is 0 Å². The molecule has 0 fully saturated rings. The lowest BCUT2D eigenvalue weighted by atomic mass is 10.1. The highest BCUT2D eigenvalue weighted by Gasteiger charge is 2.35. The highest BCUT2D eigenvalue weighted by molar-refractivity contribution is 5.49. The van der Waals surface area contributed by atoms with E-state index in [1.54, 1.807) is 0 Å². The van der Waals surface area contributed by atoms with Gasteiger partial charge in [0.15, 0.2) is 11.5 Å². The number of fused-ring (bicyclic) bond motifs is 1. The Hall–Kier alpha value is -1.47. The fourth-order valence-corrected chi connectivity index (χ4v) is 1.60. The van der Waals surface area contributed by atoms with Crippen molar-refractivity contribution in [2.45, 2.75) is 12.8 Å². The van der Waals surface area contributed by atoms with Gasteiger partial charge in [-0.1, -0.05) is 0 Å². The van der Waals surface area contributed by atoms with Crippen LogP contribution in [0.4, 0.5) is 13.2 Å². The summed E-state index contributed by atoms with van der Waals surface area (Å²) in [6.07, 6.45) is -4.48. The normalized spacial score (nSPS) is 14.8. The van der Waals surface area contributed by atoms with E-state index in [9.17, 15) is 13.2 Å². The minimum absolute atomic E-state index is 0.0794. The molecule has 0 saturated carbocycles. The Morgan fingerprint density at radius 2 is 1.76 bits per heavy atom. The minimum atomic E-state index is -4.48. The first-order valence-corrected chi connectivity index (χ1v) is 4.84. The van der Waals surface area contributed by atoms with Crippen LogP contribution < -0.4 is 15.4 Å². The first kappa shape index (κ1) is 12.0. The van der Waals surface area contributed by atoms with E-state index in [-0.39, 0.29) is 30.3 Å². The van der Waals surface area contributed by atoms with E-state index in [0.29, 0.717) is 6.61 Å². The lowest BCUT2D eigenvalue weighted by Gasteiger charge is -2.21. The third-order valence-electron chi connectivity index (χ3n) is 2.31. The molecule has 0 aromatic heterocycles. The number of nitrogens with two attached hydrogens (primary N) is 1. The summed E-state index contributed by atoms with van der Waals surface area (Å²) in [5, 5.41) is 0. The molecule has 1 aliphatic heterocycles. The van der Waals surface area contributed by atoms with Crippen molar-refractivity contribution < 1.29 is 27.5 Å². The van der Waals surface area contributed by atoms with Gasteiger partial charge in [0.05, 0.1) is 12.2 Å². The topological polar surface area (TPSA) is 53.7 Å². The number of ether oxygens (including phenoxy) is 2. The van der Waals surface area contributed by atoms with Crippen molar-refractivity contribution in [3.63, 3.8) is 0 Å². The maximum absolute atomic E-state index is 12.7. The lowest BCUT2D eigenvalue weighted by molar-refractivity contribution is -0.139. The van der Waals surface area contributed by atoms with Gasteiger partial charge in [-0.25, -0.2) is 5.90 Å². The van der Waals surface area contributed by atoms with Crippen molar-refractivity contribution in [2.75, 3.05) is 13.2 Å². The molecule has 0 aliphatic carbocycles. The predicted octanol–water partition coefficient (Wildman–Crippen LogP) is 1.87. The van der Waals surface area contributed by atoms with Gasteiger partial charge in [-0.3, -0.25) is 4.84 Å². The molecule has 1 aromatic rings. The molecule has 0 radical (unpaired) electrons. The van der Waals surface area contributed by atoms with E-state index in [0.717, 1.165) is 6.07 Å². The molecule has 0 atom stereocenters. The molecule has 0 bridgehead atoms. The van der Waals surface area contributed by atoms with Gasteiger partial charge in [0.25, 0.3) is 0 Å². The van der Waals surface area contributed by atoms with E-state index < -0.39 is 11.7 Å². The Morgan fingerprint density at radius 3 is 2.29 bits per heavy atom. The molecule has 4 nitrogen and oxygen atoms in total. The van der Waals surface area contributed by atoms with Crippen LogP contribution >= 0.6 is 0 Å². The van der Waals surface area contributed by atoms with Crippen molar-refractivity contribution in [1.82, 2.24) is 0 Å². The molecule has 2 N–H and O–H groups in total. The summed E-state index contributed by atoms with van der Waals surface area (Å²) < 4.78 is 48.5. The van der Waals surface area contributed by atoms with Crippen LogP contribution in [-0.4, -0.2) is 13.2 Å². The van der Waals surface area contributed by atoms with Crippen molar-refractivity contribution in [3.05, 3.63) is 23.3 Å². The quantitative estimate of drug-likeness (QED) is 0.813. The second kappa shape index (κ2) is 4.42. The fourth-order valence-electron chi connectivity index (χ4n) is 1.60. The van der Waals surface area contributed by atoms with Crippen LogP contribution in [0.2, 0.25) is 0 Å². The summed E-state index contributed by atoms with van der Waals surface area (Å²) in [4.78, 5) is 4.26. The van der Waals surface area contributed by atoms with Crippen molar-refractivity contribution in [1.29, 1.82) is 0 Å². The summed E-state index contributed by atoms with van der Waals surface area (Å²) in [5.74, 6) is 5.17. The van der Waals surface area contributed by atoms with Gasteiger partial charge >= 0.3 is 6.18 Å². The Balaban J connectivity index is 2.48. The molecule has 2 rings (SSSR count). The molecule has 1 heterocycles. The number of halogens is 3. The van der Waals surface area contributed by atoms with Crippen LogP contribution in [0.25, 0.3) is 0 Å². The highest BCUT2D eigenvalue weighted by Crippen LogP contribution is 2.40. The van der Waals surface area contributed by atoms with Gasteiger partial charge in [-0.05, 0) is 17.7 Å². The average Bonchev–Trinajstić information content (AvgIpc) is 2.27. The zero-order valence-corrected chi connectivity index (χ0v) is 8.71. The summed E-state index contributed by atoms with van der Waals surface area (Å²) in [7, 11) is 0. The molecule has 17 heavy (non-hydrogen) atoms. The summed E-state index contributed by atoms with van der Waals surface area (Å²) in [6.45, 7) is 0.198. The van der Waals surface area contributed by atoms with E-state index in [4.69, 9.17) is 15.4 Å². The number of rotatable bonds is 2. The fraction of sp³-hybridized carbons (Fsp3) is 0.400.